The largest absolute Gasteiger partial charge is 0.259 e. The lowest BCUT2D eigenvalue weighted by Crippen LogP contribution is -2.38. The van der Waals surface area contributed by atoms with E-state index in [-0.39, 0.29) is 0 Å². The van der Waals surface area contributed by atoms with Crippen molar-refractivity contribution in [2.45, 2.75) is 69.6 Å². The molecule has 0 fully saturated rings. The van der Waals surface area contributed by atoms with E-state index >= 15 is 0 Å². The molecule has 0 radical (unpaired) electrons. The first-order valence-electron chi connectivity index (χ1n) is 6.67. The van der Waals surface area contributed by atoms with Crippen LogP contribution < -0.4 is 0 Å². The Morgan fingerprint density at radius 1 is 0.636 bits per heavy atom. The van der Waals surface area contributed by atoms with E-state index in [2.05, 4.69) is 0 Å². The second-order valence-corrected chi connectivity index (χ2v) is 5.99. The SMILES string of the molecule is CC(C)CC(F)(F)CC(F)(F)CC(F)(F)CC(F)(F)CCF. The summed E-state index contributed by atoms with van der Waals surface area (Å²) in [7, 11) is 0. The molecule has 0 aromatic heterocycles. The van der Waals surface area contributed by atoms with Crippen LogP contribution in [0.25, 0.3) is 0 Å². The fourth-order valence-corrected chi connectivity index (χ4v) is 2.16. The van der Waals surface area contributed by atoms with Crippen molar-refractivity contribution in [3.63, 3.8) is 0 Å². The van der Waals surface area contributed by atoms with Crippen LogP contribution in [0.5, 0.6) is 0 Å². The molecule has 0 bridgehead atoms. The van der Waals surface area contributed by atoms with Crippen molar-refractivity contribution < 1.29 is 39.5 Å². The molecule has 0 unspecified atom stereocenters. The molecule has 0 amide bonds. The number of hydrogen-bond acceptors (Lipinski definition) is 0. The molecule has 22 heavy (non-hydrogen) atoms. The van der Waals surface area contributed by atoms with Crippen LogP contribution in [0.2, 0.25) is 0 Å². The predicted octanol–water partition coefficient (Wildman–Crippen LogP) is 6.10. The van der Waals surface area contributed by atoms with Gasteiger partial charge in [0.15, 0.2) is 0 Å². The normalized spacial score (nSPS) is 14.7. The van der Waals surface area contributed by atoms with Crippen molar-refractivity contribution in [1.82, 2.24) is 0 Å². The van der Waals surface area contributed by atoms with E-state index in [4.69, 9.17) is 0 Å². The molecule has 0 saturated carbocycles. The molecule has 0 N–H and O–H groups in total. The molecular formula is C13H19F9. The molecule has 0 aromatic carbocycles. The molecule has 0 spiro atoms. The zero-order valence-corrected chi connectivity index (χ0v) is 12.2. The summed E-state index contributed by atoms with van der Waals surface area (Å²) in [6.45, 7) is 1.10. The van der Waals surface area contributed by atoms with Crippen LogP contribution in [0.1, 0.15) is 46.0 Å². The van der Waals surface area contributed by atoms with Gasteiger partial charge < -0.3 is 0 Å². The second-order valence-electron chi connectivity index (χ2n) is 5.99. The highest BCUT2D eigenvalue weighted by Gasteiger charge is 2.52. The maximum atomic E-state index is 13.3. The molecule has 0 aliphatic rings. The number of hydrogen-bond donors (Lipinski definition) is 0. The quantitative estimate of drug-likeness (QED) is 0.419. The molecule has 0 nitrogen and oxygen atoms in total. The summed E-state index contributed by atoms with van der Waals surface area (Å²) < 4.78 is 117. The highest BCUT2D eigenvalue weighted by atomic mass is 19.3. The summed E-state index contributed by atoms with van der Waals surface area (Å²) >= 11 is 0. The summed E-state index contributed by atoms with van der Waals surface area (Å²) in [5, 5.41) is 0. The summed E-state index contributed by atoms with van der Waals surface area (Å²) in [6.07, 6.45) is -9.31. The first-order chi connectivity index (χ1) is 9.60. The van der Waals surface area contributed by atoms with Crippen LogP contribution in [0, 0.1) is 5.92 Å². The van der Waals surface area contributed by atoms with Gasteiger partial charge in [0.25, 0.3) is 23.7 Å². The molecule has 0 aromatic rings. The Morgan fingerprint density at radius 3 is 1.36 bits per heavy atom. The van der Waals surface area contributed by atoms with E-state index in [0.717, 1.165) is 0 Å². The third-order valence-corrected chi connectivity index (χ3v) is 2.72. The summed E-state index contributed by atoms with van der Waals surface area (Å²) in [5.41, 5.74) is 0. The zero-order chi connectivity index (χ0) is 17.8. The monoisotopic (exact) mass is 346 g/mol. The van der Waals surface area contributed by atoms with Crippen LogP contribution in [0.4, 0.5) is 39.5 Å². The Bertz CT molecular complexity index is 336. The van der Waals surface area contributed by atoms with Gasteiger partial charge in [0.1, 0.15) is 0 Å². The van der Waals surface area contributed by atoms with Gasteiger partial charge in [-0.3, -0.25) is 4.39 Å². The van der Waals surface area contributed by atoms with E-state index in [0.29, 0.717) is 0 Å². The average Bonchev–Trinajstić information content (AvgIpc) is 2.06. The van der Waals surface area contributed by atoms with Gasteiger partial charge in [0, 0.05) is 12.8 Å². The minimum atomic E-state index is -4.57. The van der Waals surface area contributed by atoms with Gasteiger partial charge in [-0.1, -0.05) is 13.8 Å². The average molecular weight is 346 g/mol. The van der Waals surface area contributed by atoms with Crippen molar-refractivity contribution in [2.75, 3.05) is 6.67 Å². The number of alkyl halides is 9. The van der Waals surface area contributed by atoms with E-state index in [1.54, 1.807) is 0 Å². The molecule has 0 aliphatic carbocycles. The summed E-state index contributed by atoms with van der Waals surface area (Å²) in [4.78, 5) is 0. The van der Waals surface area contributed by atoms with Crippen LogP contribution in [0.15, 0.2) is 0 Å². The zero-order valence-electron chi connectivity index (χ0n) is 12.2. The lowest BCUT2D eigenvalue weighted by Gasteiger charge is -2.29. The Kier molecular flexibility index (Phi) is 7.09. The Labute approximate surface area is 123 Å². The van der Waals surface area contributed by atoms with Crippen molar-refractivity contribution in [3.8, 4) is 0 Å². The van der Waals surface area contributed by atoms with Gasteiger partial charge in [-0.2, -0.15) is 0 Å². The standard InChI is InChI=1S/C13H19F9/c1-9(2)5-11(17,18)7-13(21,22)8-12(19,20)6-10(15,16)3-4-14/h9H,3-8H2,1-2H3. The number of rotatable bonds is 10. The lowest BCUT2D eigenvalue weighted by atomic mass is 9.94. The fourth-order valence-electron chi connectivity index (χ4n) is 2.16. The highest BCUT2D eigenvalue weighted by Crippen LogP contribution is 2.44. The Morgan fingerprint density at radius 2 is 1.00 bits per heavy atom. The summed E-state index contributed by atoms with van der Waals surface area (Å²) in [6, 6.07) is 0. The maximum absolute atomic E-state index is 13.3. The van der Waals surface area contributed by atoms with Gasteiger partial charge in [0.05, 0.1) is 25.9 Å². The van der Waals surface area contributed by atoms with E-state index in [1.807, 2.05) is 0 Å². The van der Waals surface area contributed by atoms with Crippen LogP contribution in [0.3, 0.4) is 0 Å². The molecular weight excluding hydrogens is 327 g/mol. The minimum absolute atomic E-state index is 0.639. The smallest absolute Gasteiger partial charge is 0.251 e. The fraction of sp³-hybridized carbons (Fsp3) is 1.00. The van der Waals surface area contributed by atoms with E-state index < -0.39 is 68.4 Å². The first-order valence-corrected chi connectivity index (χ1v) is 6.67. The molecule has 0 aliphatic heterocycles. The molecule has 134 valence electrons. The topological polar surface area (TPSA) is 0 Å². The van der Waals surface area contributed by atoms with Gasteiger partial charge >= 0.3 is 0 Å². The third kappa shape index (κ3) is 9.40. The molecule has 9 heteroatoms. The van der Waals surface area contributed by atoms with E-state index in [1.165, 1.54) is 13.8 Å². The predicted molar refractivity (Wildman–Crippen MR) is 63.7 cm³/mol. The molecule has 0 heterocycles. The van der Waals surface area contributed by atoms with Crippen molar-refractivity contribution in [2.24, 2.45) is 5.92 Å². The molecule has 0 rings (SSSR count). The van der Waals surface area contributed by atoms with Crippen molar-refractivity contribution in [1.29, 1.82) is 0 Å². The molecule has 0 atom stereocenters. The first kappa shape index (κ1) is 21.4. The van der Waals surface area contributed by atoms with Crippen LogP contribution >= 0.6 is 0 Å². The van der Waals surface area contributed by atoms with Crippen LogP contribution in [-0.4, -0.2) is 30.4 Å². The third-order valence-electron chi connectivity index (χ3n) is 2.72. The van der Waals surface area contributed by atoms with Gasteiger partial charge in [0.2, 0.25) is 0 Å². The summed E-state index contributed by atoms with van der Waals surface area (Å²) in [5.74, 6) is -17.8. The lowest BCUT2D eigenvalue weighted by molar-refractivity contribution is -0.182. The highest BCUT2D eigenvalue weighted by molar-refractivity contribution is 4.86. The molecule has 0 saturated heterocycles. The van der Waals surface area contributed by atoms with Crippen molar-refractivity contribution in [3.05, 3.63) is 0 Å². The Balaban J connectivity index is 4.80. The van der Waals surface area contributed by atoms with Gasteiger partial charge in [-0.25, -0.2) is 35.1 Å². The number of halogens is 9. The minimum Gasteiger partial charge on any atom is -0.251 e. The van der Waals surface area contributed by atoms with E-state index in [9.17, 15) is 39.5 Å². The Hall–Kier alpha value is -0.630. The van der Waals surface area contributed by atoms with Crippen molar-refractivity contribution >= 4 is 0 Å². The van der Waals surface area contributed by atoms with Crippen LogP contribution in [-0.2, 0) is 0 Å². The van der Waals surface area contributed by atoms with Gasteiger partial charge in [-0.15, -0.1) is 0 Å². The maximum Gasteiger partial charge on any atom is 0.259 e. The second kappa shape index (κ2) is 7.29. The van der Waals surface area contributed by atoms with Gasteiger partial charge in [-0.05, 0) is 5.92 Å².